The van der Waals surface area contributed by atoms with Gasteiger partial charge in [-0.2, -0.15) is 0 Å². The second kappa shape index (κ2) is 9.47. The molecule has 40 heavy (non-hydrogen) atoms. The summed E-state index contributed by atoms with van der Waals surface area (Å²) in [6, 6.07) is 9.74. The van der Waals surface area contributed by atoms with Gasteiger partial charge in [-0.05, 0) is 38.1 Å². The molecule has 2 amide bonds. The molecule has 2 aliphatic heterocycles. The average Bonchev–Trinajstić information content (AvgIpc) is 2.95. The van der Waals surface area contributed by atoms with E-state index in [1.807, 2.05) is 0 Å². The Kier molecular flexibility index (Phi) is 6.36. The van der Waals surface area contributed by atoms with Crippen LogP contribution in [0.3, 0.4) is 0 Å². The van der Waals surface area contributed by atoms with Crippen molar-refractivity contribution >= 4 is 35.3 Å². The van der Waals surface area contributed by atoms with Crippen LogP contribution in [0.5, 0.6) is 11.5 Å². The molecule has 1 fully saturated rings. The normalized spacial score (nSPS) is 26.9. The average molecular weight is 551 g/mol. The molecule has 0 radical (unpaired) electrons. The number of Topliss-reactive ketones (excluding diaryl/α,β-unsaturated/α-hetero) is 2. The van der Waals surface area contributed by atoms with Crippen molar-refractivity contribution in [3.05, 3.63) is 59.7 Å². The third-order valence-electron chi connectivity index (χ3n) is 7.65. The maximum atomic E-state index is 14.2. The standard InChI is InChI=1S/C28H26N2O10/c1-13(23(33)37-3)29-25(35)27-19(21(31)15-9-5-7-11-17(15)39-27)20-22(32)16-10-6-8-12-18(16)40-28(20,27)26(36)30-14(2)24(34)38-4/h5-14,19-20H,1-4H3,(H,29,35)(H,30,36)/t13-,14-,19+,20+,27+,28+/m0/s1. The van der Waals surface area contributed by atoms with Crippen LogP contribution in [0.1, 0.15) is 34.6 Å². The SMILES string of the molecule is COC(=O)[C@H](C)NC(=O)[C@]12Oc3ccccc3C(=O)[C@H]1[C@@H]1C(=O)c3ccccc3O[C@@]12C(=O)N[C@@H](C)C(=O)OC. The first-order valence-electron chi connectivity index (χ1n) is 12.5. The number of hydrogen-bond donors (Lipinski definition) is 2. The van der Waals surface area contributed by atoms with Gasteiger partial charge in [-0.1, -0.05) is 24.3 Å². The van der Waals surface area contributed by atoms with E-state index in [1.165, 1.54) is 38.1 Å². The molecule has 1 aliphatic carbocycles. The number of ether oxygens (including phenoxy) is 4. The van der Waals surface area contributed by atoms with E-state index >= 15 is 0 Å². The zero-order valence-electron chi connectivity index (χ0n) is 22.0. The molecule has 5 rings (SSSR count). The highest BCUT2D eigenvalue weighted by Gasteiger charge is 2.89. The fraction of sp³-hybridized carbons (Fsp3) is 0.357. The predicted octanol–water partition coefficient (Wildman–Crippen LogP) is 0.616. The van der Waals surface area contributed by atoms with Crippen LogP contribution in [0.4, 0.5) is 0 Å². The first kappa shape index (κ1) is 26.9. The summed E-state index contributed by atoms with van der Waals surface area (Å²) in [6.07, 6.45) is 0. The highest BCUT2D eigenvalue weighted by Crippen LogP contribution is 2.63. The molecule has 2 aromatic rings. The largest absolute Gasteiger partial charge is 0.471 e. The highest BCUT2D eigenvalue weighted by molar-refractivity contribution is 6.21. The van der Waals surface area contributed by atoms with Crippen LogP contribution in [-0.2, 0) is 28.7 Å². The summed E-state index contributed by atoms with van der Waals surface area (Å²) in [5, 5.41) is 4.92. The number of benzene rings is 2. The molecule has 3 aliphatic rings. The van der Waals surface area contributed by atoms with Gasteiger partial charge in [0.1, 0.15) is 23.6 Å². The minimum Gasteiger partial charge on any atom is -0.471 e. The maximum Gasteiger partial charge on any atom is 0.328 e. The van der Waals surface area contributed by atoms with Gasteiger partial charge < -0.3 is 29.6 Å². The molecule has 2 heterocycles. The highest BCUT2D eigenvalue weighted by atomic mass is 16.6. The first-order chi connectivity index (χ1) is 19.0. The molecular weight excluding hydrogens is 524 g/mol. The van der Waals surface area contributed by atoms with E-state index in [9.17, 15) is 28.8 Å². The van der Waals surface area contributed by atoms with Crippen LogP contribution in [0.15, 0.2) is 48.5 Å². The smallest absolute Gasteiger partial charge is 0.328 e. The molecule has 2 aromatic carbocycles. The van der Waals surface area contributed by atoms with E-state index in [-0.39, 0.29) is 22.6 Å². The van der Waals surface area contributed by atoms with Gasteiger partial charge in [-0.15, -0.1) is 0 Å². The van der Waals surface area contributed by atoms with E-state index in [2.05, 4.69) is 10.6 Å². The van der Waals surface area contributed by atoms with Gasteiger partial charge in [-0.25, -0.2) is 9.59 Å². The summed E-state index contributed by atoms with van der Waals surface area (Å²) in [6.45, 7) is 2.69. The first-order valence-corrected chi connectivity index (χ1v) is 12.5. The lowest BCUT2D eigenvalue weighted by Crippen LogP contribution is -2.92. The lowest BCUT2D eigenvalue weighted by molar-refractivity contribution is -0.240. The van der Waals surface area contributed by atoms with Crippen molar-refractivity contribution in [3.8, 4) is 11.5 Å². The molecule has 0 bridgehead atoms. The fourth-order valence-corrected chi connectivity index (χ4v) is 5.78. The molecule has 0 spiro atoms. The number of ketones is 2. The van der Waals surface area contributed by atoms with Crippen LogP contribution < -0.4 is 20.1 Å². The van der Waals surface area contributed by atoms with Crippen LogP contribution in [0.2, 0.25) is 0 Å². The van der Waals surface area contributed by atoms with Gasteiger partial charge >= 0.3 is 11.9 Å². The van der Waals surface area contributed by atoms with Crippen molar-refractivity contribution in [2.24, 2.45) is 11.8 Å². The Morgan fingerprint density at radius 3 is 1.40 bits per heavy atom. The van der Waals surface area contributed by atoms with Crippen LogP contribution in [0.25, 0.3) is 0 Å². The van der Waals surface area contributed by atoms with Gasteiger partial charge in [0.05, 0.1) is 37.2 Å². The van der Waals surface area contributed by atoms with Gasteiger partial charge in [0, 0.05) is 0 Å². The molecule has 6 atom stereocenters. The Morgan fingerprint density at radius 1 is 0.700 bits per heavy atom. The van der Waals surface area contributed by atoms with Crippen molar-refractivity contribution in [1.29, 1.82) is 0 Å². The molecular formula is C28H26N2O10. The number of amides is 2. The summed E-state index contributed by atoms with van der Waals surface area (Å²) in [7, 11) is 2.26. The summed E-state index contributed by atoms with van der Waals surface area (Å²) in [4.78, 5) is 80.6. The van der Waals surface area contributed by atoms with Crippen molar-refractivity contribution in [2.75, 3.05) is 14.2 Å². The summed E-state index contributed by atoms with van der Waals surface area (Å²) >= 11 is 0. The van der Waals surface area contributed by atoms with Crippen LogP contribution >= 0.6 is 0 Å². The molecule has 1 saturated carbocycles. The summed E-state index contributed by atoms with van der Waals surface area (Å²) in [5.41, 5.74) is -4.68. The zero-order valence-corrected chi connectivity index (χ0v) is 22.0. The molecule has 12 nitrogen and oxygen atoms in total. The minimum absolute atomic E-state index is 0.0221. The number of carbonyl (C=O) groups is 6. The van der Waals surface area contributed by atoms with E-state index in [1.54, 1.807) is 24.3 Å². The second-order valence-electron chi connectivity index (χ2n) is 9.79. The molecule has 0 saturated heterocycles. The lowest BCUT2D eigenvalue weighted by atomic mass is 9.44. The zero-order chi connectivity index (χ0) is 29.0. The number of nitrogens with one attached hydrogen (secondary N) is 2. The number of para-hydroxylation sites is 2. The summed E-state index contributed by atoms with van der Waals surface area (Å²) in [5.74, 6) is -8.00. The van der Waals surface area contributed by atoms with E-state index in [4.69, 9.17) is 18.9 Å². The summed E-state index contributed by atoms with van der Waals surface area (Å²) < 4.78 is 21.9. The number of hydrogen-bond acceptors (Lipinski definition) is 10. The van der Waals surface area contributed by atoms with Crippen molar-refractivity contribution < 1.29 is 47.7 Å². The number of fused-ring (bicyclic) bond motifs is 6. The van der Waals surface area contributed by atoms with Gasteiger partial charge in [0.25, 0.3) is 11.8 Å². The minimum atomic E-state index is -2.45. The maximum absolute atomic E-state index is 14.2. The van der Waals surface area contributed by atoms with Crippen molar-refractivity contribution in [3.63, 3.8) is 0 Å². The van der Waals surface area contributed by atoms with Crippen molar-refractivity contribution in [2.45, 2.75) is 37.1 Å². The van der Waals surface area contributed by atoms with Crippen molar-refractivity contribution in [1.82, 2.24) is 10.6 Å². The Bertz CT molecular complexity index is 1360. The molecule has 0 unspecified atom stereocenters. The predicted molar refractivity (Wildman–Crippen MR) is 134 cm³/mol. The van der Waals surface area contributed by atoms with E-state index in [0.29, 0.717) is 0 Å². The Balaban J connectivity index is 1.74. The molecule has 0 aromatic heterocycles. The number of methoxy groups -OCH3 is 2. The van der Waals surface area contributed by atoms with Gasteiger partial charge in [0.15, 0.2) is 11.6 Å². The van der Waals surface area contributed by atoms with Gasteiger partial charge in [0.2, 0.25) is 11.2 Å². The fourth-order valence-electron chi connectivity index (χ4n) is 5.78. The molecule has 12 heteroatoms. The quantitative estimate of drug-likeness (QED) is 0.487. The third kappa shape index (κ3) is 3.44. The number of esters is 2. The second-order valence-corrected chi connectivity index (χ2v) is 9.79. The monoisotopic (exact) mass is 550 g/mol. The van der Waals surface area contributed by atoms with Crippen LogP contribution in [-0.4, -0.2) is 72.8 Å². The molecule has 208 valence electrons. The Labute approximate surface area is 228 Å². The number of carbonyl (C=O) groups excluding carboxylic acids is 6. The molecule has 2 N–H and O–H groups in total. The lowest BCUT2D eigenvalue weighted by Gasteiger charge is -2.65. The number of rotatable bonds is 6. The Hall–Kier alpha value is -4.74. The van der Waals surface area contributed by atoms with Crippen LogP contribution in [0, 0.1) is 11.8 Å². The Morgan fingerprint density at radius 2 is 1.05 bits per heavy atom. The topological polar surface area (TPSA) is 163 Å². The van der Waals surface area contributed by atoms with Gasteiger partial charge in [-0.3, -0.25) is 19.2 Å². The third-order valence-corrected chi connectivity index (χ3v) is 7.65. The van der Waals surface area contributed by atoms with E-state index < -0.39 is 70.4 Å². The van der Waals surface area contributed by atoms with E-state index in [0.717, 1.165) is 14.2 Å².